The van der Waals surface area contributed by atoms with E-state index in [-0.39, 0.29) is 17.5 Å². The molecule has 0 spiro atoms. The molecule has 0 aromatic heterocycles. The number of nitrogens with one attached hydrogen (secondary N) is 1. The zero-order chi connectivity index (χ0) is 12.8. The van der Waals surface area contributed by atoms with E-state index in [1.165, 1.54) is 18.2 Å². The summed E-state index contributed by atoms with van der Waals surface area (Å²) in [5, 5.41) is 3.18. The van der Waals surface area contributed by atoms with E-state index in [2.05, 4.69) is 5.32 Å². The lowest BCUT2D eigenvalue weighted by Gasteiger charge is -2.22. The molecule has 0 heterocycles. The van der Waals surface area contributed by atoms with Gasteiger partial charge in [0.1, 0.15) is 11.6 Å². The van der Waals surface area contributed by atoms with Crippen LogP contribution in [0.1, 0.15) is 25.3 Å². The third kappa shape index (κ3) is 3.75. The van der Waals surface area contributed by atoms with Crippen LogP contribution >= 0.6 is 0 Å². The van der Waals surface area contributed by atoms with E-state index >= 15 is 0 Å². The predicted molar refractivity (Wildman–Crippen MR) is 64.1 cm³/mol. The highest BCUT2D eigenvalue weighted by molar-refractivity contribution is 5.24. The zero-order valence-corrected chi connectivity index (χ0v) is 10.5. The smallest absolute Gasteiger partial charge is 0.129 e. The summed E-state index contributed by atoms with van der Waals surface area (Å²) >= 11 is 0. The van der Waals surface area contributed by atoms with Gasteiger partial charge in [0.2, 0.25) is 0 Å². The van der Waals surface area contributed by atoms with Gasteiger partial charge in [-0.1, -0.05) is 13.0 Å². The highest BCUT2D eigenvalue weighted by Crippen LogP contribution is 2.24. The van der Waals surface area contributed by atoms with Crippen molar-refractivity contribution in [1.82, 2.24) is 5.32 Å². The molecule has 2 nitrogen and oxygen atoms in total. The molecule has 0 aliphatic rings. The second-order valence-electron chi connectivity index (χ2n) is 4.16. The summed E-state index contributed by atoms with van der Waals surface area (Å²) in [6, 6.07) is 3.94. The van der Waals surface area contributed by atoms with Gasteiger partial charge in [-0.05, 0) is 19.1 Å². The second-order valence-corrected chi connectivity index (χ2v) is 4.16. The minimum atomic E-state index is -0.488. The normalized spacial score (nSPS) is 14.6. The lowest BCUT2D eigenvalue weighted by molar-refractivity contribution is 0.195. The van der Waals surface area contributed by atoms with Gasteiger partial charge in [0.15, 0.2) is 0 Å². The van der Waals surface area contributed by atoms with E-state index in [4.69, 9.17) is 4.74 Å². The Hall–Kier alpha value is -1.00. The molecule has 1 aromatic rings. The molecule has 0 amide bonds. The zero-order valence-electron chi connectivity index (χ0n) is 10.5. The maximum Gasteiger partial charge on any atom is 0.129 e. The molecule has 0 saturated heterocycles. The van der Waals surface area contributed by atoms with Gasteiger partial charge in [-0.3, -0.25) is 0 Å². The molecular weight excluding hydrogens is 224 g/mol. The molecule has 0 aliphatic carbocycles. The average Bonchev–Trinajstić information content (AvgIpc) is 2.28. The van der Waals surface area contributed by atoms with E-state index < -0.39 is 11.6 Å². The fourth-order valence-electron chi connectivity index (χ4n) is 1.76. The van der Waals surface area contributed by atoms with Crippen LogP contribution in [0.5, 0.6) is 0 Å². The Kier molecular flexibility index (Phi) is 5.51. The van der Waals surface area contributed by atoms with E-state index in [1.807, 2.05) is 13.8 Å². The van der Waals surface area contributed by atoms with Crippen LogP contribution in [0.25, 0.3) is 0 Å². The highest BCUT2D eigenvalue weighted by atomic mass is 19.1. The third-order valence-corrected chi connectivity index (χ3v) is 2.98. The molecule has 0 radical (unpaired) electrons. The quantitative estimate of drug-likeness (QED) is 0.776. The molecule has 2 atom stereocenters. The van der Waals surface area contributed by atoms with Crippen molar-refractivity contribution in [2.24, 2.45) is 0 Å². The monoisotopic (exact) mass is 243 g/mol. The van der Waals surface area contributed by atoms with E-state index in [0.717, 1.165) is 0 Å². The number of benzene rings is 1. The molecule has 17 heavy (non-hydrogen) atoms. The summed E-state index contributed by atoms with van der Waals surface area (Å²) in [4.78, 5) is 0. The van der Waals surface area contributed by atoms with Crippen molar-refractivity contribution in [3.63, 3.8) is 0 Å². The van der Waals surface area contributed by atoms with Gasteiger partial charge in [0.05, 0.1) is 6.61 Å². The predicted octanol–water partition coefficient (Wildman–Crippen LogP) is 2.69. The van der Waals surface area contributed by atoms with E-state index in [9.17, 15) is 8.78 Å². The molecule has 1 aromatic carbocycles. The van der Waals surface area contributed by atoms with Crippen molar-refractivity contribution in [3.8, 4) is 0 Å². The molecular formula is C13H19F2NO. The molecule has 2 unspecified atom stereocenters. The fourth-order valence-corrected chi connectivity index (χ4v) is 1.76. The maximum atomic E-state index is 13.6. The van der Waals surface area contributed by atoms with Gasteiger partial charge < -0.3 is 10.1 Å². The minimum absolute atomic E-state index is 0.0171. The Labute approximate surface area is 101 Å². The lowest BCUT2D eigenvalue weighted by Crippen LogP contribution is -2.34. The van der Waals surface area contributed by atoms with Crippen LogP contribution in [0, 0.1) is 11.6 Å². The molecule has 0 saturated carbocycles. The van der Waals surface area contributed by atoms with Crippen molar-refractivity contribution in [2.75, 3.05) is 20.3 Å². The van der Waals surface area contributed by atoms with Crippen molar-refractivity contribution < 1.29 is 13.5 Å². The number of rotatable bonds is 6. The number of methoxy groups -OCH3 is 1. The summed E-state index contributed by atoms with van der Waals surface area (Å²) < 4.78 is 32.0. The van der Waals surface area contributed by atoms with E-state index in [1.54, 1.807) is 7.11 Å². The molecule has 0 bridgehead atoms. The SMILES string of the molecule is COCCNC(C)C(C)c1c(F)cccc1F. The van der Waals surface area contributed by atoms with Crippen LogP contribution in [0.3, 0.4) is 0 Å². The molecule has 96 valence electrons. The van der Waals surface area contributed by atoms with Gasteiger partial charge in [-0.25, -0.2) is 8.78 Å². The van der Waals surface area contributed by atoms with Gasteiger partial charge in [-0.15, -0.1) is 0 Å². The van der Waals surface area contributed by atoms with Crippen molar-refractivity contribution in [2.45, 2.75) is 25.8 Å². The second kappa shape index (κ2) is 6.67. The van der Waals surface area contributed by atoms with Crippen LogP contribution in [0.2, 0.25) is 0 Å². The fraction of sp³-hybridized carbons (Fsp3) is 0.538. The van der Waals surface area contributed by atoms with Crippen LogP contribution in [0.4, 0.5) is 8.78 Å². The Bertz CT molecular complexity index is 337. The average molecular weight is 243 g/mol. The molecule has 0 aliphatic heterocycles. The first-order valence-corrected chi connectivity index (χ1v) is 5.74. The molecule has 0 fully saturated rings. The Morgan fingerprint density at radius 3 is 2.35 bits per heavy atom. The molecule has 1 N–H and O–H groups in total. The summed E-state index contributed by atoms with van der Waals surface area (Å²) in [6.07, 6.45) is 0. The van der Waals surface area contributed by atoms with Gasteiger partial charge in [0.25, 0.3) is 0 Å². The van der Waals surface area contributed by atoms with E-state index in [0.29, 0.717) is 13.2 Å². The number of hydrogen-bond donors (Lipinski definition) is 1. The van der Waals surface area contributed by atoms with Gasteiger partial charge in [0, 0.05) is 31.2 Å². The molecule has 4 heteroatoms. The van der Waals surface area contributed by atoms with Crippen LogP contribution in [0.15, 0.2) is 18.2 Å². The number of hydrogen-bond acceptors (Lipinski definition) is 2. The Balaban J connectivity index is 2.71. The van der Waals surface area contributed by atoms with Crippen molar-refractivity contribution in [3.05, 3.63) is 35.4 Å². The lowest BCUT2D eigenvalue weighted by atomic mass is 9.93. The largest absolute Gasteiger partial charge is 0.383 e. The first kappa shape index (κ1) is 14.1. The van der Waals surface area contributed by atoms with Crippen LogP contribution in [-0.2, 0) is 4.74 Å². The van der Waals surface area contributed by atoms with Crippen LogP contribution < -0.4 is 5.32 Å². The maximum absolute atomic E-state index is 13.6. The standard InChI is InChI=1S/C13H19F2NO/c1-9(10(2)16-7-8-17-3)13-11(14)5-4-6-12(13)15/h4-6,9-10,16H,7-8H2,1-3H3. The van der Waals surface area contributed by atoms with Crippen LogP contribution in [-0.4, -0.2) is 26.3 Å². The van der Waals surface area contributed by atoms with Crippen molar-refractivity contribution >= 4 is 0 Å². The van der Waals surface area contributed by atoms with Gasteiger partial charge >= 0.3 is 0 Å². The third-order valence-electron chi connectivity index (χ3n) is 2.98. The number of halogens is 2. The topological polar surface area (TPSA) is 21.3 Å². The minimum Gasteiger partial charge on any atom is -0.383 e. The first-order chi connectivity index (χ1) is 8.07. The Morgan fingerprint density at radius 1 is 1.24 bits per heavy atom. The van der Waals surface area contributed by atoms with Gasteiger partial charge in [-0.2, -0.15) is 0 Å². The summed E-state index contributed by atoms with van der Waals surface area (Å²) in [6.45, 7) is 4.97. The molecule has 1 rings (SSSR count). The Morgan fingerprint density at radius 2 is 1.82 bits per heavy atom. The number of ether oxygens (including phenoxy) is 1. The first-order valence-electron chi connectivity index (χ1n) is 5.74. The summed E-state index contributed by atoms with van der Waals surface area (Å²) in [7, 11) is 1.62. The van der Waals surface area contributed by atoms with Crippen molar-refractivity contribution in [1.29, 1.82) is 0 Å². The summed E-state index contributed by atoms with van der Waals surface area (Å²) in [5.41, 5.74) is 0.143. The summed E-state index contributed by atoms with van der Waals surface area (Å²) in [5.74, 6) is -1.20. The highest BCUT2D eigenvalue weighted by Gasteiger charge is 2.20.